The van der Waals surface area contributed by atoms with Gasteiger partial charge in [0.05, 0.1) is 5.92 Å². The Labute approximate surface area is 122 Å². The number of carboxylic acid groups (broad SMARTS) is 1. The van der Waals surface area contributed by atoms with E-state index in [4.69, 9.17) is 5.11 Å². The molecule has 1 aromatic carbocycles. The number of urea groups is 1. The van der Waals surface area contributed by atoms with Crippen LogP contribution in [0.2, 0.25) is 0 Å². The number of aryl methyl sites for hydroxylation is 1. The summed E-state index contributed by atoms with van der Waals surface area (Å²) in [5.74, 6) is -1.75. The van der Waals surface area contributed by atoms with E-state index in [9.17, 15) is 14.0 Å². The van der Waals surface area contributed by atoms with Crippen LogP contribution in [0.15, 0.2) is 18.2 Å². The zero-order chi connectivity index (χ0) is 15.4. The molecule has 3 N–H and O–H groups in total. The van der Waals surface area contributed by atoms with Crippen molar-refractivity contribution in [1.82, 2.24) is 5.32 Å². The Morgan fingerprint density at radius 1 is 1.29 bits per heavy atom. The van der Waals surface area contributed by atoms with Crippen LogP contribution in [0.5, 0.6) is 0 Å². The minimum Gasteiger partial charge on any atom is -0.481 e. The standard InChI is InChI=1S/C15H19FN2O3/c1-9-8-10(6-7-12(9)16)17-15(21)18-13-5-3-2-4-11(13)14(19)20/h6-8,11,13H,2-5H2,1H3,(H,19,20)(H2,17,18,21). The fourth-order valence-electron chi connectivity index (χ4n) is 2.66. The van der Waals surface area contributed by atoms with Gasteiger partial charge >= 0.3 is 12.0 Å². The fraction of sp³-hybridized carbons (Fsp3) is 0.467. The molecule has 1 aliphatic carbocycles. The second kappa shape index (κ2) is 6.56. The molecule has 1 aliphatic rings. The van der Waals surface area contributed by atoms with Crippen molar-refractivity contribution in [3.8, 4) is 0 Å². The summed E-state index contributed by atoms with van der Waals surface area (Å²) in [6, 6.07) is 3.46. The summed E-state index contributed by atoms with van der Waals surface area (Å²) in [7, 11) is 0. The SMILES string of the molecule is Cc1cc(NC(=O)NC2CCCCC2C(=O)O)ccc1F. The highest BCUT2D eigenvalue weighted by atomic mass is 19.1. The maximum absolute atomic E-state index is 13.2. The molecule has 2 rings (SSSR count). The van der Waals surface area contributed by atoms with E-state index >= 15 is 0 Å². The van der Waals surface area contributed by atoms with Crippen LogP contribution < -0.4 is 10.6 Å². The van der Waals surface area contributed by atoms with Crippen molar-refractivity contribution < 1.29 is 19.1 Å². The van der Waals surface area contributed by atoms with Gasteiger partial charge in [-0.1, -0.05) is 12.8 Å². The van der Waals surface area contributed by atoms with Crippen LogP contribution in [-0.4, -0.2) is 23.1 Å². The molecule has 1 saturated carbocycles. The van der Waals surface area contributed by atoms with Crippen molar-refractivity contribution in [3.63, 3.8) is 0 Å². The molecule has 0 radical (unpaired) electrons. The third-order valence-electron chi connectivity index (χ3n) is 3.82. The number of hydrogen-bond acceptors (Lipinski definition) is 2. The average Bonchev–Trinajstić information content (AvgIpc) is 2.43. The van der Waals surface area contributed by atoms with Gasteiger partial charge in [0, 0.05) is 11.7 Å². The molecule has 1 fully saturated rings. The van der Waals surface area contributed by atoms with E-state index in [0.717, 1.165) is 12.8 Å². The van der Waals surface area contributed by atoms with Gasteiger partial charge in [0.25, 0.3) is 0 Å². The molecular formula is C15H19FN2O3. The summed E-state index contributed by atoms with van der Waals surface area (Å²) in [5.41, 5.74) is 0.919. The minimum atomic E-state index is -0.877. The van der Waals surface area contributed by atoms with E-state index in [0.29, 0.717) is 24.1 Å². The van der Waals surface area contributed by atoms with Gasteiger partial charge in [-0.05, 0) is 43.5 Å². The quantitative estimate of drug-likeness (QED) is 0.802. The van der Waals surface area contributed by atoms with Crippen molar-refractivity contribution in [3.05, 3.63) is 29.6 Å². The van der Waals surface area contributed by atoms with Gasteiger partial charge in [0.2, 0.25) is 0 Å². The molecule has 0 heterocycles. The highest BCUT2D eigenvalue weighted by Gasteiger charge is 2.31. The number of hydrogen-bond donors (Lipinski definition) is 3. The first-order valence-electron chi connectivity index (χ1n) is 7.04. The summed E-state index contributed by atoms with van der Waals surface area (Å²) in [6.07, 6.45) is 3.01. The van der Waals surface area contributed by atoms with Crippen molar-refractivity contribution in [2.24, 2.45) is 5.92 Å². The van der Waals surface area contributed by atoms with Gasteiger partial charge in [-0.3, -0.25) is 4.79 Å². The van der Waals surface area contributed by atoms with Gasteiger partial charge < -0.3 is 15.7 Å². The second-order valence-corrected chi connectivity index (χ2v) is 5.40. The number of carbonyl (C=O) groups excluding carboxylic acids is 1. The van der Waals surface area contributed by atoms with Crippen LogP contribution in [0.4, 0.5) is 14.9 Å². The lowest BCUT2D eigenvalue weighted by Crippen LogP contribution is -2.46. The zero-order valence-electron chi connectivity index (χ0n) is 11.9. The highest BCUT2D eigenvalue weighted by Crippen LogP contribution is 2.24. The molecule has 0 bridgehead atoms. The molecule has 1 aromatic rings. The molecular weight excluding hydrogens is 275 g/mol. The van der Waals surface area contributed by atoms with Gasteiger partial charge in [-0.2, -0.15) is 0 Å². The zero-order valence-corrected chi connectivity index (χ0v) is 11.9. The van der Waals surface area contributed by atoms with Gasteiger partial charge in [-0.25, -0.2) is 9.18 Å². The van der Waals surface area contributed by atoms with Crippen molar-refractivity contribution in [2.45, 2.75) is 38.6 Å². The van der Waals surface area contributed by atoms with E-state index < -0.39 is 17.9 Å². The topological polar surface area (TPSA) is 78.4 Å². The molecule has 5 nitrogen and oxygen atoms in total. The van der Waals surface area contributed by atoms with Gasteiger partial charge in [-0.15, -0.1) is 0 Å². The monoisotopic (exact) mass is 294 g/mol. The highest BCUT2D eigenvalue weighted by molar-refractivity contribution is 5.90. The maximum Gasteiger partial charge on any atom is 0.319 e. The summed E-state index contributed by atoms with van der Waals surface area (Å²) >= 11 is 0. The number of carbonyl (C=O) groups is 2. The number of halogens is 1. The molecule has 0 saturated heterocycles. The minimum absolute atomic E-state index is 0.334. The van der Waals surface area contributed by atoms with Crippen LogP contribution in [0, 0.1) is 18.7 Å². The molecule has 2 amide bonds. The number of carboxylic acids is 1. The van der Waals surface area contributed by atoms with Crippen LogP contribution >= 0.6 is 0 Å². The summed E-state index contributed by atoms with van der Waals surface area (Å²) in [4.78, 5) is 23.1. The van der Waals surface area contributed by atoms with E-state index in [1.807, 2.05) is 0 Å². The van der Waals surface area contributed by atoms with Gasteiger partial charge in [0.1, 0.15) is 5.82 Å². The first kappa shape index (κ1) is 15.3. The third-order valence-corrected chi connectivity index (χ3v) is 3.82. The smallest absolute Gasteiger partial charge is 0.319 e. The lowest BCUT2D eigenvalue weighted by Gasteiger charge is -2.29. The van der Waals surface area contributed by atoms with Crippen LogP contribution in [0.3, 0.4) is 0 Å². The second-order valence-electron chi connectivity index (χ2n) is 5.40. The van der Waals surface area contributed by atoms with E-state index in [1.54, 1.807) is 6.92 Å². The molecule has 2 atom stereocenters. The first-order valence-corrected chi connectivity index (χ1v) is 7.04. The number of rotatable bonds is 3. The predicted molar refractivity (Wildman–Crippen MR) is 76.7 cm³/mol. The Morgan fingerprint density at radius 3 is 2.67 bits per heavy atom. The third kappa shape index (κ3) is 3.93. The van der Waals surface area contributed by atoms with Crippen molar-refractivity contribution in [1.29, 1.82) is 0 Å². The number of amides is 2. The number of aliphatic carboxylic acids is 1. The Bertz CT molecular complexity index is 548. The van der Waals surface area contributed by atoms with Crippen LogP contribution in [0.25, 0.3) is 0 Å². The number of anilines is 1. The summed E-state index contributed by atoms with van der Waals surface area (Å²) in [5, 5.41) is 14.5. The van der Waals surface area contributed by atoms with Gasteiger partial charge in [0.15, 0.2) is 0 Å². The molecule has 0 aromatic heterocycles. The van der Waals surface area contributed by atoms with Crippen molar-refractivity contribution in [2.75, 3.05) is 5.32 Å². The molecule has 0 spiro atoms. The number of nitrogens with one attached hydrogen (secondary N) is 2. The van der Waals surface area contributed by atoms with Crippen LogP contribution in [0.1, 0.15) is 31.2 Å². The van der Waals surface area contributed by atoms with E-state index in [2.05, 4.69) is 10.6 Å². The molecule has 21 heavy (non-hydrogen) atoms. The van der Waals surface area contributed by atoms with Crippen molar-refractivity contribution >= 4 is 17.7 Å². The Morgan fingerprint density at radius 2 is 2.00 bits per heavy atom. The first-order chi connectivity index (χ1) is 9.97. The predicted octanol–water partition coefficient (Wildman–Crippen LogP) is 2.90. The Kier molecular flexibility index (Phi) is 4.77. The Balaban J connectivity index is 1.97. The van der Waals surface area contributed by atoms with E-state index in [-0.39, 0.29) is 11.9 Å². The summed E-state index contributed by atoms with van der Waals surface area (Å²) in [6.45, 7) is 1.61. The molecule has 2 unspecified atom stereocenters. The molecule has 114 valence electrons. The number of benzene rings is 1. The largest absolute Gasteiger partial charge is 0.481 e. The van der Waals surface area contributed by atoms with E-state index in [1.165, 1.54) is 18.2 Å². The molecule has 0 aliphatic heterocycles. The molecule has 6 heteroatoms. The van der Waals surface area contributed by atoms with Crippen LogP contribution in [-0.2, 0) is 4.79 Å². The summed E-state index contributed by atoms with van der Waals surface area (Å²) < 4.78 is 13.2. The lowest BCUT2D eigenvalue weighted by molar-refractivity contribution is -0.143. The lowest BCUT2D eigenvalue weighted by atomic mass is 9.84. The fourth-order valence-corrected chi connectivity index (χ4v) is 2.66. The normalized spacial score (nSPS) is 21.6. The Hall–Kier alpha value is -2.11. The average molecular weight is 294 g/mol. The maximum atomic E-state index is 13.2.